The van der Waals surface area contributed by atoms with Crippen molar-refractivity contribution in [2.75, 3.05) is 6.61 Å². The molecule has 1 saturated carbocycles. The van der Waals surface area contributed by atoms with E-state index in [9.17, 15) is 19.5 Å². The molecule has 186 valence electrons. The van der Waals surface area contributed by atoms with E-state index in [1.54, 1.807) is 0 Å². The van der Waals surface area contributed by atoms with Gasteiger partial charge in [0.2, 0.25) is 5.91 Å². The highest BCUT2D eigenvalue weighted by atomic mass is 16.5. The van der Waals surface area contributed by atoms with E-state index in [1.807, 2.05) is 38.1 Å². The van der Waals surface area contributed by atoms with Gasteiger partial charge >= 0.3 is 12.1 Å². The number of fused-ring (bicyclic) bond motifs is 3. The molecular formula is C28H34N2O5. The molecule has 3 N–H and O–H groups in total. The quantitative estimate of drug-likeness (QED) is 0.510. The second-order valence-electron chi connectivity index (χ2n) is 9.68. The molecule has 0 radical (unpaired) electrons. The van der Waals surface area contributed by atoms with Gasteiger partial charge in [0.05, 0.1) is 5.92 Å². The highest BCUT2D eigenvalue weighted by molar-refractivity contribution is 5.86. The molecule has 2 aromatic rings. The molecule has 35 heavy (non-hydrogen) atoms. The lowest BCUT2D eigenvalue weighted by atomic mass is 9.83. The molecule has 2 aliphatic carbocycles. The number of carbonyl (C=O) groups excluding carboxylic acids is 2. The summed E-state index contributed by atoms with van der Waals surface area (Å²) in [6.07, 6.45) is 3.11. The number of carboxylic acid groups (broad SMARTS) is 1. The monoisotopic (exact) mass is 478 g/mol. The van der Waals surface area contributed by atoms with Crippen molar-refractivity contribution in [2.24, 2.45) is 11.8 Å². The van der Waals surface area contributed by atoms with Gasteiger partial charge in [0.25, 0.3) is 0 Å². The molecule has 0 saturated heterocycles. The zero-order valence-corrected chi connectivity index (χ0v) is 20.3. The highest BCUT2D eigenvalue weighted by Gasteiger charge is 2.36. The highest BCUT2D eigenvalue weighted by Crippen LogP contribution is 2.44. The molecule has 7 nitrogen and oxygen atoms in total. The lowest BCUT2D eigenvalue weighted by Crippen LogP contribution is -2.53. The third-order valence-electron chi connectivity index (χ3n) is 7.53. The summed E-state index contributed by atoms with van der Waals surface area (Å²) in [6.45, 7) is 3.92. The van der Waals surface area contributed by atoms with Gasteiger partial charge in [0.1, 0.15) is 12.6 Å². The number of hydrogen-bond donors (Lipinski definition) is 3. The maximum atomic E-state index is 13.0. The molecule has 7 heteroatoms. The Balaban J connectivity index is 1.39. The van der Waals surface area contributed by atoms with Crippen molar-refractivity contribution in [1.82, 2.24) is 10.6 Å². The van der Waals surface area contributed by atoms with E-state index in [2.05, 4.69) is 34.9 Å². The number of carboxylic acids is 1. The Kier molecular flexibility index (Phi) is 7.73. The van der Waals surface area contributed by atoms with Gasteiger partial charge in [-0.25, -0.2) is 9.59 Å². The second-order valence-corrected chi connectivity index (χ2v) is 9.68. The minimum Gasteiger partial charge on any atom is -0.480 e. The fourth-order valence-electron chi connectivity index (χ4n) is 5.35. The van der Waals surface area contributed by atoms with Crippen LogP contribution in [0.3, 0.4) is 0 Å². The van der Waals surface area contributed by atoms with Gasteiger partial charge in [-0.15, -0.1) is 0 Å². The van der Waals surface area contributed by atoms with Gasteiger partial charge in [-0.05, 0) is 41.0 Å². The number of aliphatic carboxylic acids is 1. The predicted molar refractivity (Wildman–Crippen MR) is 133 cm³/mol. The average molecular weight is 479 g/mol. The Morgan fingerprint density at radius 2 is 1.60 bits per heavy atom. The summed E-state index contributed by atoms with van der Waals surface area (Å²) in [6, 6.07) is 15.0. The lowest BCUT2D eigenvalue weighted by molar-refractivity contribution is -0.144. The molecule has 0 aliphatic heterocycles. The van der Waals surface area contributed by atoms with Crippen molar-refractivity contribution < 1.29 is 24.2 Å². The van der Waals surface area contributed by atoms with E-state index < -0.39 is 24.0 Å². The van der Waals surface area contributed by atoms with Gasteiger partial charge < -0.3 is 20.5 Å². The molecule has 0 spiro atoms. The predicted octanol–water partition coefficient (Wildman–Crippen LogP) is 4.70. The molecule has 0 aromatic heterocycles. The number of carbonyl (C=O) groups is 3. The number of nitrogens with one attached hydrogen (secondary N) is 2. The average Bonchev–Trinajstić information content (AvgIpc) is 3.19. The first-order chi connectivity index (χ1) is 16.9. The van der Waals surface area contributed by atoms with Gasteiger partial charge in [-0.3, -0.25) is 4.79 Å². The van der Waals surface area contributed by atoms with E-state index in [0.29, 0.717) is 19.3 Å². The van der Waals surface area contributed by atoms with E-state index in [4.69, 9.17) is 4.74 Å². The summed E-state index contributed by atoms with van der Waals surface area (Å²) >= 11 is 0. The molecule has 4 rings (SSSR count). The zero-order chi connectivity index (χ0) is 24.9. The van der Waals surface area contributed by atoms with Crippen LogP contribution in [0.4, 0.5) is 4.79 Å². The number of benzene rings is 2. The Hall–Kier alpha value is -3.35. The molecule has 2 aromatic carbocycles. The van der Waals surface area contributed by atoms with Crippen LogP contribution in [0, 0.1) is 11.8 Å². The smallest absolute Gasteiger partial charge is 0.407 e. The van der Waals surface area contributed by atoms with Crippen LogP contribution >= 0.6 is 0 Å². The van der Waals surface area contributed by atoms with Crippen molar-refractivity contribution in [3.05, 3.63) is 59.7 Å². The first-order valence-corrected chi connectivity index (χ1v) is 12.5. The number of ether oxygens (including phenoxy) is 1. The maximum Gasteiger partial charge on any atom is 0.407 e. The van der Waals surface area contributed by atoms with E-state index in [1.165, 1.54) is 0 Å². The maximum absolute atomic E-state index is 13.0. The Labute approximate surface area is 206 Å². The molecule has 0 bridgehead atoms. The van der Waals surface area contributed by atoms with Crippen LogP contribution in [0.1, 0.15) is 63.0 Å². The summed E-state index contributed by atoms with van der Waals surface area (Å²) in [5, 5.41) is 15.1. The molecule has 4 atom stereocenters. The van der Waals surface area contributed by atoms with Crippen LogP contribution in [0.15, 0.2) is 48.5 Å². The minimum absolute atomic E-state index is 0.0366. The second kappa shape index (κ2) is 10.9. The summed E-state index contributed by atoms with van der Waals surface area (Å²) < 4.78 is 5.67. The fourth-order valence-corrected chi connectivity index (χ4v) is 5.35. The van der Waals surface area contributed by atoms with Crippen LogP contribution < -0.4 is 10.6 Å². The van der Waals surface area contributed by atoms with Gasteiger partial charge in [0, 0.05) is 12.0 Å². The number of alkyl carbamates (subject to hydrolysis) is 1. The van der Waals surface area contributed by atoms with Crippen molar-refractivity contribution in [3.8, 4) is 11.1 Å². The fraction of sp³-hybridized carbons (Fsp3) is 0.464. The Morgan fingerprint density at radius 3 is 2.20 bits per heavy atom. The third-order valence-corrected chi connectivity index (χ3v) is 7.53. The molecule has 1 fully saturated rings. The van der Waals surface area contributed by atoms with Gasteiger partial charge in [-0.1, -0.05) is 81.6 Å². The molecule has 0 heterocycles. The van der Waals surface area contributed by atoms with Crippen LogP contribution in [0.5, 0.6) is 0 Å². The first-order valence-electron chi connectivity index (χ1n) is 12.5. The van der Waals surface area contributed by atoms with E-state index >= 15 is 0 Å². The van der Waals surface area contributed by atoms with Crippen molar-refractivity contribution >= 4 is 18.0 Å². The van der Waals surface area contributed by atoms with Crippen LogP contribution in [-0.4, -0.2) is 41.8 Å². The normalized spacial score (nSPS) is 20.7. The summed E-state index contributed by atoms with van der Waals surface area (Å²) in [4.78, 5) is 37.4. The van der Waals surface area contributed by atoms with Crippen LogP contribution in [-0.2, 0) is 14.3 Å². The van der Waals surface area contributed by atoms with Gasteiger partial charge in [0.15, 0.2) is 0 Å². The molecular weight excluding hydrogens is 444 g/mol. The van der Waals surface area contributed by atoms with Crippen molar-refractivity contribution in [2.45, 2.75) is 64.0 Å². The molecule has 2 amide bonds. The topological polar surface area (TPSA) is 105 Å². The third kappa shape index (κ3) is 5.34. The first kappa shape index (κ1) is 24.8. The standard InChI is InChI=1S/C28H34N2O5/c1-3-17(2)25(27(32)33)30-26(31)22-14-8-9-15-24(22)29-28(34)35-16-23-20-12-6-4-10-18(20)19-11-5-7-13-21(19)23/h4-7,10-13,17,22-25H,3,8-9,14-16H2,1-2H3,(H,29,34)(H,30,31)(H,32,33)/t17?,22?,24?,25-/m0/s1. The lowest BCUT2D eigenvalue weighted by Gasteiger charge is -2.32. The Bertz CT molecular complexity index is 1040. The van der Waals surface area contributed by atoms with Crippen molar-refractivity contribution in [3.63, 3.8) is 0 Å². The zero-order valence-electron chi connectivity index (χ0n) is 20.3. The van der Waals surface area contributed by atoms with Crippen LogP contribution in [0.25, 0.3) is 11.1 Å². The number of amides is 2. The number of hydrogen-bond acceptors (Lipinski definition) is 4. The van der Waals surface area contributed by atoms with E-state index in [-0.39, 0.29) is 30.4 Å². The summed E-state index contributed by atoms with van der Waals surface area (Å²) in [5.74, 6) is -2.06. The van der Waals surface area contributed by atoms with Gasteiger partial charge in [-0.2, -0.15) is 0 Å². The SMILES string of the molecule is CCC(C)[C@H](NC(=O)C1CCCCC1NC(=O)OCC1c2ccccc2-c2ccccc21)C(=O)O. The summed E-state index contributed by atoms with van der Waals surface area (Å²) in [7, 11) is 0. The van der Waals surface area contributed by atoms with Crippen molar-refractivity contribution in [1.29, 1.82) is 0 Å². The number of rotatable bonds is 8. The summed E-state index contributed by atoms with van der Waals surface area (Å²) in [5.41, 5.74) is 4.60. The minimum atomic E-state index is -1.04. The van der Waals surface area contributed by atoms with Crippen LogP contribution in [0.2, 0.25) is 0 Å². The Morgan fingerprint density at radius 1 is 1.00 bits per heavy atom. The largest absolute Gasteiger partial charge is 0.480 e. The molecule has 3 unspecified atom stereocenters. The van der Waals surface area contributed by atoms with E-state index in [0.717, 1.165) is 35.1 Å². The molecule has 2 aliphatic rings.